The molecule has 9 heavy (non-hydrogen) atoms. The summed E-state index contributed by atoms with van der Waals surface area (Å²) in [7, 11) is 0. The molecule has 1 rings (SSSR count). The van der Waals surface area contributed by atoms with Crippen LogP contribution in [-0.2, 0) is 14.3 Å². The van der Waals surface area contributed by atoms with E-state index >= 15 is 0 Å². The number of carbonyl (C=O) groups is 2. The summed E-state index contributed by atoms with van der Waals surface area (Å²) >= 11 is 5.44. The van der Waals surface area contributed by atoms with Gasteiger partial charge in [-0.25, -0.2) is 4.79 Å². The molecule has 0 bridgehead atoms. The monoisotopic (exact) mass is 148 g/mol. The second-order valence-electron chi connectivity index (χ2n) is 2.00. The summed E-state index contributed by atoms with van der Waals surface area (Å²) in [5.41, 5.74) is 0. The summed E-state index contributed by atoms with van der Waals surface area (Å²) in [5, 5.41) is 0. The molecule has 0 aromatic heterocycles. The highest BCUT2D eigenvalue weighted by molar-refractivity contribution is 6.47. The molecular weight excluding hydrogens is 144 g/mol. The molecule has 0 aromatic rings. The Kier molecular flexibility index (Phi) is 1.24. The van der Waals surface area contributed by atoms with Crippen molar-refractivity contribution in [2.45, 2.75) is 11.8 Å². The van der Waals surface area contributed by atoms with Gasteiger partial charge < -0.3 is 4.74 Å². The average molecular weight is 149 g/mol. The number of cyclic esters (lactones) is 1. The van der Waals surface area contributed by atoms with Crippen molar-refractivity contribution in [3.8, 4) is 0 Å². The summed E-state index contributed by atoms with van der Waals surface area (Å²) in [5.74, 6) is -1.01. The lowest BCUT2D eigenvalue weighted by atomic mass is 10.1. The van der Waals surface area contributed by atoms with E-state index < -0.39 is 10.8 Å². The van der Waals surface area contributed by atoms with Crippen LogP contribution in [0.4, 0.5) is 0 Å². The number of ether oxygens (including phenoxy) is 1. The molecule has 0 spiro atoms. The van der Waals surface area contributed by atoms with Gasteiger partial charge in [0.25, 0.3) is 0 Å². The van der Waals surface area contributed by atoms with Crippen molar-refractivity contribution < 1.29 is 14.3 Å². The Morgan fingerprint density at radius 1 is 1.67 bits per heavy atom. The van der Waals surface area contributed by atoms with E-state index in [9.17, 15) is 9.59 Å². The van der Waals surface area contributed by atoms with E-state index in [4.69, 9.17) is 11.6 Å². The van der Waals surface area contributed by atoms with Crippen LogP contribution in [0.5, 0.6) is 0 Å². The number of esters is 1. The van der Waals surface area contributed by atoms with Crippen LogP contribution >= 0.6 is 11.6 Å². The van der Waals surface area contributed by atoms with E-state index in [0.717, 1.165) is 0 Å². The van der Waals surface area contributed by atoms with Crippen LogP contribution in [0.15, 0.2) is 0 Å². The van der Waals surface area contributed by atoms with Crippen LogP contribution < -0.4 is 0 Å². The lowest BCUT2D eigenvalue weighted by Crippen LogP contribution is -2.30. The van der Waals surface area contributed by atoms with Crippen molar-refractivity contribution in [1.82, 2.24) is 0 Å². The molecule has 0 aliphatic carbocycles. The first kappa shape index (κ1) is 6.55. The number of alkyl halides is 1. The first-order valence-corrected chi connectivity index (χ1v) is 2.82. The van der Waals surface area contributed by atoms with Crippen molar-refractivity contribution in [2.24, 2.45) is 0 Å². The normalized spacial score (nSPS) is 34.9. The maximum absolute atomic E-state index is 10.6. The van der Waals surface area contributed by atoms with Crippen LogP contribution in [0.1, 0.15) is 6.92 Å². The van der Waals surface area contributed by atoms with E-state index in [1.165, 1.54) is 6.92 Å². The molecule has 1 saturated heterocycles. The molecule has 3 nitrogen and oxygen atoms in total. The van der Waals surface area contributed by atoms with E-state index in [2.05, 4.69) is 4.74 Å². The molecule has 1 fully saturated rings. The molecule has 1 aliphatic heterocycles. The lowest BCUT2D eigenvalue weighted by molar-refractivity contribution is -0.139. The fourth-order valence-electron chi connectivity index (χ4n) is 0.516. The number of hydrogen-bond donors (Lipinski definition) is 0. The van der Waals surface area contributed by atoms with Crippen molar-refractivity contribution in [1.29, 1.82) is 0 Å². The summed E-state index contributed by atoms with van der Waals surface area (Å²) in [4.78, 5) is 19.7. The number of ketones is 1. The SMILES string of the molecule is CC1(Cl)C(=O)COC1=O. The fraction of sp³-hybridized carbons (Fsp3) is 0.600. The third-order valence-electron chi connectivity index (χ3n) is 1.24. The minimum atomic E-state index is -1.42. The number of rotatable bonds is 0. The quantitative estimate of drug-likeness (QED) is 0.278. The molecule has 0 amide bonds. The summed E-state index contributed by atoms with van der Waals surface area (Å²) in [6.45, 7) is 1.16. The molecule has 1 aliphatic rings. The summed E-state index contributed by atoms with van der Waals surface area (Å²) in [6.07, 6.45) is 0. The minimum Gasteiger partial charge on any atom is -0.456 e. The van der Waals surface area contributed by atoms with Gasteiger partial charge in [-0.3, -0.25) is 4.79 Å². The van der Waals surface area contributed by atoms with E-state index in [-0.39, 0.29) is 12.4 Å². The Hall–Kier alpha value is -0.570. The molecule has 0 radical (unpaired) electrons. The van der Waals surface area contributed by atoms with Gasteiger partial charge >= 0.3 is 5.97 Å². The van der Waals surface area contributed by atoms with E-state index in [1.54, 1.807) is 0 Å². The molecular formula is C5H5ClO3. The average Bonchev–Trinajstić information content (AvgIpc) is 1.96. The van der Waals surface area contributed by atoms with Crippen molar-refractivity contribution in [3.05, 3.63) is 0 Å². The topological polar surface area (TPSA) is 43.4 Å². The first-order valence-electron chi connectivity index (χ1n) is 2.44. The predicted molar refractivity (Wildman–Crippen MR) is 30.2 cm³/mol. The van der Waals surface area contributed by atoms with Crippen molar-refractivity contribution >= 4 is 23.4 Å². The Bertz CT molecular complexity index is 155. The van der Waals surface area contributed by atoms with Crippen LogP contribution in [0.25, 0.3) is 0 Å². The van der Waals surface area contributed by atoms with Gasteiger partial charge in [0.05, 0.1) is 0 Å². The van der Waals surface area contributed by atoms with E-state index in [0.29, 0.717) is 0 Å². The predicted octanol–water partition coefficient (Wildman–Crippen LogP) is 0.110. The highest BCUT2D eigenvalue weighted by atomic mass is 35.5. The highest BCUT2D eigenvalue weighted by Crippen LogP contribution is 2.22. The maximum atomic E-state index is 10.6. The van der Waals surface area contributed by atoms with Gasteiger partial charge in [-0.05, 0) is 6.92 Å². The van der Waals surface area contributed by atoms with Crippen LogP contribution in [-0.4, -0.2) is 23.2 Å². The highest BCUT2D eigenvalue weighted by Gasteiger charge is 2.46. The smallest absolute Gasteiger partial charge is 0.335 e. The zero-order valence-corrected chi connectivity index (χ0v) is 5.57. The maximum Gasteiger partial charge on any atom is 0.335 e. The lowest BCUT2D eigenvalue weighted by Gasteiger charge is -2.03. The van der Waals surface area contributed by atoms with E-state index in [1.807, 2.05) is 0 Å². The van der Waals surface area contributed by atoms with Gasteiger partial charge in [0.15, 0.2) is 11.5 Å². The second-order valence-corrected chi connectivity index (χ2v) is 2.76. The first-order chi connectivity index (χ1) is 4.05. The summed E-state index contributed by atoms with van der Waals surface area (Å²) in [6, 6.07) is 0. The molecule has 1 atom stereocenters. The number of Topliss-reactive ketones (excluding diaryl/α,β-unsaturated/α-hetero) is 1. The Morgan fingerprint density at radius 3 is 2.33 bits per heavy atom. The van der Waals surface area contributed by atoms with Gasteiger partial charge in [-0.15, -0.1) is 0 Å². The molecule has 0 aromatic carbocycles. The number of hydrogen-bond acceptors (Lipinski definition) is 3. The molecule has 1 unspecified atom stereocenters. The molecule has 4 heteroatoms. The number of carbonyl (C=O) groups excluding carboxylic acids is 2. The standard InChI is InChI=1S/C5H5ClO3/c1-5(6)3(7)2-9-4(5)8/h2H2,1H3. The molecule has 0 N–H and O–H groups in total. The van der Waals surface area contributed by atoms with Gasteiger partial charge in [0.1, 0.15) is 0 Å². The third-order valence-corrected chi connectivity index (χ3v) is 1.61. The minimum absolute atomic E-state index is 0.182. The van der Waals surface area contributed by atoms with Gasteiger partial charge in [0, 0.05) is 0 Å². The summed E-state index contributed by atoms with van der Waals surface area (Å²) < 4.78 is 4.36. The zero-order chi connectivity index (χ0) is 7.07. The van der Waals surface area contributed by atoms with Crippen molar-refractivity contribution in [2.75, 3.05) is 6.61 Å². The molecule has 0 saturated carbocycles. The van der Waals surface area contributed by atoms with Gasteiger partial charge in [-0.1, -0.05) is 11.6 Å². The fourth-order valence-corrected chi connectivity index (χ4v) is 0.625. The molecule has 50 valence electrons. The zero-order valence-electron chi connectivity index (χ0n) is 4.81. The van der Waals surface area contributed by atoms with Gasteiger partial charge in [-0.2, -0.15) is 0 Å². The largest absolute Gasteiger partial charge is 0.456 e. The Labute approximate surface area is 56.9 Å². The molecule has 1 heterocycles. The third kappa shape index (κ3) is 0.812. The van der Waals surface area contributed by atoms with Crippen LogP contribution in [0.2, 0.25) is 0 Å². The Morgan fingerprint density at radius 2 is 2.22 bits per heavy atom. The van der Waals surface area contributed by atoms with Gasteiger partial charge in [0.2, 0.25) is 5.78 Å². The Balaban J connectivity index is 2.91. The van der Waals surface area contributed by atoms with Crippen molar-refractivity contribution in [3.63, 3.8) is 0 Å². The number of halogens is 1. The van der Waals surface area contributed by atoms with Crippen LogP contribution in [0, 0.1) is 0 Å². The van der Waals surface area contributed by atoms with Crippen LogP contribution in [0.3, 0.4) is 0 Å². The second kappa shape index (κ2) is 1.70.